The fourth-order valence-electron chi connectivity index (χ4n) is 3.24. The number of sulfone groups is 1. The number of aromatic nitrogens is 3. The number of hydrogen-bond donors (Lipinski definition) is 3. The van der Waals surface area contributed by atoms with Crippen LogP contribution in [0.4, 0.5) is 5.69 Å². The van der Waals surface area contributed by atoms with Gasteiger partial charge < -0.3 is 15.4 Å². The molecule has 9 heteroatoms. The summed E-state index contributed by atoms with van der Waals surface area (Å²) in [5.41, 5.74) is 3.63. The smallest absolute Gasteiger partial charge is 0.259 e. The van der Waals surface area contributed by atoms with Gasteiger partial charge in [0.05, 0.1) is 34.2 Å². The number of fused-ring (bicyclic) bond motifs is 1. The van der Waals surface area contributed by atoms with Gasteiger partial charge in [0.15, 0.2) is 15.5 Å². The lowest BCUT2D eigenvalue weighted by Crippen LogP contribution is -2.13. The van der Waals surface area contributed by atoms with E-state index in [0.717, 1.165) is 0 Å². The van der Waals surface area contributed by atoms with E-state index in [1.807, 2.05) is 0 Å². The second-order valence-corrected chi connectivity index (χ2v) is 10.1. The molecule has 32 heavy (non-hydrogen) atoms. The number of hydrogen-bond acceptors (Lipinski definition) is 6. The third-order valence-electron chi connectivity index (χ3n) is 5.09. The Kier molecular flexibility index (Phi) is 5.77. The van der Waals surface area contributed by atoms with Crippen molar-refractivity contribution in [3.63, 3.8) is 0 Å². The van der Waals surface area contributed by atoms with Crippen molar-refractivity contribution in [1.82, 2.24) is 15.0 Å². The molecule has 2 aromatic carbocycles. The van der Waals surface area contributed by atoms with Crippen LogP contribution in [0.15, 0.2) is 65.8 Å². The number of aliphatic hydroxyl groups excluding tert-OH is 1. The topological polar surface area (TPSA) is 125 Å². The molecular formula is C23H22N4O4S. The summed E-state index contributed by atoms with van der Waals surface area (Å²) in [7, 11) is -3.36. The molecule has 0 radical (unpaired) electrons. The minimum atomic E-state index is -3.36. The van der Waals surface area contributed by atoms with E-state index in [1.165, 1.54) is 6.20 Å². The van der Waals surface area contributed by atoms with Gasteiger partial charge in [0.2, 0.25) is 0 Å². The van der Waals surface area contributed by atoms with Crippen LogP contribution < -0.4 is 5.32 Å². The minimum absolute atomic E-state index is 0.122. The lowest BCUT2D eigenvalue weighted by atomic mass is 10.1. The van der Waals surface area contributed by atoms with E-state index < -0.39 is 15.1 Å². The summed E-state index contributed by atoms with van der Waals surface area (Å²) < 4.78 is 24.7. The predicted molar refractivity (Wildman–Crippen MR) is 122 cm³/mol. The number of aliphatic hydroxyl groups is 1. The van der Waals surface area contributed by atoms with Crippen molar-refractivity contribution in [2.24, 2.45) is 0 Å². The molecule has 0 atom stereocenters. The Morgan fingerprint density at radius 1 is 1.16 bits per heavy atom. The van der Waals surface area contributed by atoms with Crippen LogP contribution in [0.1, 0.15) is 29.8 Å². The van der Waals surface area contributed by atoms with E-state index in [9.17, 15) is 18.3 Å². The standard InChI is InChI=1S/C23H22N4O4S/c1-14(2)32(30,31)18-8-6-16(7-9-18)20-12-25-22-21(27-20)19(11-24-22)23(29)26-17-5-3-4-15(10-17)13-28/h3-12,14,28H,13H2,1-2H3,(H,24,25)(H,26,29). The van der Waals surface area contributed by atoms with E-state index in [1.54, 1.807) is 68.6 Å². The van der Waals surface area contributed by atoms with Crippen molar-refractivity contribution in [1.29, 1.82) is 0 Å². The van der Waals surface area contributed by atoms with Crippen molar-refractivity contribution in [2.45, 2.75) is 30.6 Å². The summed E-state index contributed by atoms with van der Waals surface area (Å²) in [5, 5.41) is 11.6. The fourth-order valence-corrected chi connectivity index (χ4v) is 4.30. The monoisotopic (exact) mass is 450 g/mol. The van der Waals surface area contributed by atoms with Crippen molar-refractivity contribution in [3.8, 4) is 11.3 Å². The van der Waals surface area contributed by atoms with Gasteiger partial charge in [-0.3, -0.25) is 4.79 Å². The Labute approximate surface area is 185 Å². The molecule has 3 N–H and O–H groups in total. The average Bonchev–Trinajstić information content (AvgIpc) is 3.22. The first-order valence-electron chi connectivity index (χ1n) is 9.99. The quantitative estimate of drug-likeness (QED) is 0.413. The van der Waals surface area contributed by atoms with E-state index in [-0.39, 0.29) is 17.4 Å². The van der Waals surface area contributed by atoms with E-state index >= 15 is 0 Å². The third-order valence-corrected chi connectivity index (χ3v) is 7.26. The molecule has 0 unspecified atom stereocenters. The second-order valence-electron chi connectivity index (χ2n) is 7.59. The Hall–Kier alpha value is -3.56. The van der Waals surface area contributed by atoms with E-state index in [4.69, 9.17) is 0 Å². The van der Waals surface area contributed by atoms with Crippen molar-refractivity contribution < 1.29 is 18.3 Å². The summed E-state index contributed by atoms with van der Waals surface area (Å²) in [6, 6.07) is 13.4. The molecule has 4 aromatic rings. The maximum Gasteiger partial charge on any atom is 0.259 e. The van der Waals surface area contributed by atoms with Crippen LogP contribution in [-0.4, -0.2) is 39.6 Å². The zero-order valence-corrected chi connectivity index (χ0v) is 18.3. The number of benzene rings is 2. The number of rotatable bonds is 6. The molecule has 1 amide bonds. The first kappa shape index (κ1) is 21.7. The highest BCUT2D eigenvalue weighted by Gasteiger charge is 2.19. The van der Waals surface area contributed by atoms with Gasteiger partial charge in [-0.1, -0.05) is 24.3 Å². The van der Waals surface area contributed by atoms with Crippen LogP contribution in [0.2, 0.25) is 0 Å². The number of nitrogens with zero attached hydrogens (tertiary/aromatic N) is 2. The number of nitrogens with one attached hydrogen (secondary N) is 2. The van der Waals surface area contributed by atoms with Crippen LogP contribution in [0.3, 0.4) is 0 Å². The molecule has 0 bridgehead atoms. The molecule has 0 aliphatic rings. The fraction of sp³-hybridized carbons (Fsp3) is 0.174. The zero-order valence-electron chi connectivity index (χ0n) is 17.5. The Balaban J connectivity index is 1.65. The van der Waals surface area contributed by atoms with Crippen LogP contribution in [0, 0.1) is 0 Å². The number of aromatic amines is 1. The molecule has 164 valence electrons. The van der Waals surface area contributed by atoms with Gasteiger partial charge in [0.1, 0.15) is 5.52 Å². The lowest BCUT2D eigenvalue weighted by molar-refractivity contribution is 0.102. The Morgan fingerprint density at radius 3 is 2.59 bits per heavy atom. The second kappa shape index (κ2) is 8.52. The summed E-state index contributed by atoms with van der Waals surface area (Å²) in [6.07, 6.45) is 3.11. The van der Waals surface area contributed by atoms with Gasteiger partial charge >= 0.3 is 0 Å². The molecule has 0 saturated heterocycles. The van der Waals surface area contributed by atoms with Crippen molar-refractivity contribution in [2.75, 3.05) is 5.32 Å². The van der Waals surface area contributed by atoms with Crippen LogP contribution >= 0.6 is 0 Å². The molecule has 0 aliphatic carbocycles. The number of amides is 1. The molecule has 2 heterocycles. The van der Waals surface area contributed by atoms with E-state index in [2.05, 4.69) is 20.3 Å². The summed E-state index contributed by atoms with van der Waals surface area (Å²) in [5.74, 6) is -0.365. The molecule has 0 aliphatic heterocycles. The highest BCUT2D eigenvalue weighted by atomic mass is 32.2. The normalized spacial score (nSPS) is 11.8. The molecule has 4 rings (SSSR count). The van der Waals surface area contributed by atoms with Gasteiger partial charge in [-0.15, -0.1) is 0 Å². The highest BCUT2D eigenvalue weighted by molar-refractivity contribution is 7.92. The summed E-state index contributed by atoms with van der Waals surface area (Å²) >= 11 is 0. The first-order chi connectivity index (χ1) is 15.3. The molecule has 2 aromatic heterocycles. The highest BCUT2D eigenvalue weighted by Crippen LogP contribution is 2.24. The Bertz CT molecular complexity index is 1390. The molecule has 0 saturated carbocycles. The van der Waals surface area contributed by atoms with Gasteiger partial charge in [-0.05, 0) is 43.7 Å². The summed E-state index contributed by atoms with van der Waals surface area (Å²) in [6.45, 7) is 3.16. The predicted octanol–water partition coefficient (Wildman–Crippen LogP) is 3.55. The number of carbonyl (C=O) groups is 1. The van der Waals surface area contributed by atoms with Crippen LogP contribution in [-0.2, 0) is 16.4 Å². The van der Waals surface area contributed by atoms with Gasteiger partial charge in [-0.25, -0.2) is 18.4 Å². The number of anilines is 1. The van der Waals surface area contributed by atoms with Crippen LogP contribution in [0.5, 0.6) is 0 Å². The third kappa shape index (κ3) is 4.12. The van der Waals surface area contributed by atoms with Gasteiger partial charge in [0, 0.05) is 17.4 Å². The SMILES string of the molecule is CC(C)S(=O)(=O)c1ccc(-c2cnc3[nH]cc(C(=O)Nc4cccc(CO)c4)c3n2)cc1. The van der Waals surface area contributed by atoms with Crippen LogP contribution in [0.25, 0.3) is 22.4 Å². The minimum Gasteiger partial charge on any atom is -0.392 e. The maximum atomic E-state index is 12.8. The molecule has 0 spiro atoms. The molecule has 8 nitrogen and oxygen atoms in total. The van der Waals surface area contributed by atoms with Gasteiger partial charge in [-0.2, -0.15) is 0 Å². The number of H-pyrrole nitrogens is 1. The number of carbonyl (C=O) groups excluding carboxylic acids is 1. The first-order valence-corrected chi connectivity index (χ1v) is 11.5. The largest absolute Gasteiger partial charge is 0.392 e. The Morgan fingerprint density at radius 2 is 1.91 bits per heavy atom. The molecule has 0 fully saturated rings. The zero-order chi connectivity index (χ0) is 22.9. The average molecular weight is 451 g/mol. The van der Waals surface area contributed by atoms with E-state index in [0.29, 0.717) is 39.2 Å². The van der Waals surface area contributed by atoms with Crippen molar-refractivity contribution in [3.05, 3.63) is 72.1 Å². The summed E-state index contributed by atoms with van der Waals surface area (Å²) in [4.78, 5) is 24.9. The van der Waals surface area contributed by atoms with Gasteiger partial charge in [0.25, 0.3) is 5.91 Å². The lowest BCUT2D eigenvalue weighted by Gasteiger charge is -2.09. The maximum absolute atomic E-state index is 12.8. The molecular weight excluding hydrogens is 428 g/mol. The van der Waals surface area contributed by atoms with Crippen molar-refractivity contribution >= 4 is 32.6 Å².